The van der Waals surface area contributed by atoms with E-state index in [0.29, 0.717) is 5.92 Å². The molecule has 0 atom stereocenters. The maximum Gasteiger partial charge on any atom is 0.339 e. The number of hydrogen-bond acceptors (Lipinski definition) is 2. The standard InChI is InChI=1S/C16H19NO3/c1-10(2)8-12-5-4-11(3)17(12)13-6-7-14(16(19)20)15(18)9-13/h4-7,9-10,18H,8H2,1-3H3,(H,19,20). The van der Waals surface area contributed by atoms with Crippen molar-refractivity contribution in [3.63, 3.8) is 0 Å². The maximum atomic E-state index is 10.9. The van der Waals surface area contributed by atoms with Crippen molar-refractivity contribution in [3.05, 3.63) is 47.3 Å². The molecule has 1 heterocycles. The molecule has 0 fully saturated rings. The van der Waals surface area contributed by atoms with Crippen LogP contribution in [0.2, 0.25) is 0 Å². The van der Waals surface area contributed by atoms with E-state index in [0.717, 1.165) is 23.5 Å². The Kier molecular flexibility index (Phi) is 3.84. The predicted octanol–water partition coefficient (Wildman–Crippen LogP) is 3.39. The van der Waals surface area contributed by atoms with Gasteiger partial charge in [-0.25, -0.2) is 4.79 Å². The van der Waals surface area contributed by atoms with Gasteiger partial charge in [-0.15, -0.1) is 0 Å². The first kappa shape index (κ1) is 14.2. The van der Waals surface area contributed by atoms with Crippen molar-refractivity contribution in [1.82, 2.24) is 4.57 Å². The van der Waals surface area contributed by atoms with Gasteiger partial charge in [-0.3, -0.25) is 0 Å². The maximum absolute atomic E-state index is 10.9. The summed E-state index contributed by atoms with van der Waals surface area (Å²) in [7, 11) is 0. The Labute approximate surface area is 118 Å². The molecule has 4 heteroatoms. The third-order valence-electron chi connectivity index (χ3n) is 3.24. The lowest BCUT2D eigenvalue weighted by atomic mass is 10.1. The van der Waals surface area contributed by atoms with Gasteiger partial charge in [0.2, 0.25) is 0 Å². The molecule has 4 nitrogen and oxygen atoms in total. The van der Waals surface area contributed by atoms with Crippen LogP contribution in [0, 0.1) is 12.8 Å². The second-order valence-electron chi connectivity index (χ2n) is 5.41. The minimum absolute atomic E-state index is 0.0797. The summed E-state index contributed by atoms with van der Waals surface area (Å²) < 4.78 is 2.05. The fourth-order valence-corrected chi connectivity index (χ4v) is 2.38. The fraction of sp³-hybridized carbons (Fsp3) is 0.312. The molecule has 0 radical (unpaired) electrons. The van der Waals surface area contributed by atoms with Crippen molar-refractivity contribution < 1.29 is 15.0 Å². The van der Waals surface area contributed by atoms with Crippen LogP contribution >= 0.6 is 0 Å². The minimum Gasteiger partial charge on any atom is -0.507 e. The van der Waals surface area contributed by atoms with E-state index in [1.165, 1.54) is 12.1 Å². The van der Waals surface area contributed by atoms with Crippen LogP contribution in [0.4, 0.5) is 0 Å². The Morgan fingerprint density at radius 3 is 2.50 bits per heavy atom. The van der Waals surface area contributed by atoms with Crippen LogP contribution in [-0.4, -0.2) is 20.7 Å². The predicted molar refractivity (Wildman–Crippen MR) is 77.7 cm³/mol. The third kappa shape index (κ3) is 2.69. The molecular weight excluding hydrogens is 254 g/mol. The molecule has 2 rings (SSSR count). The second-order valence-corrected chi connectivity index (χ2v) is 5.41. The van der Waals surface area contributed by atoms with Gasteiger partial charge in [0.05, 0.1) is 0 Å². The average molecular weight is 273 g/mol. The number of rotatable bonds is 4. The van der Waals surface area contributed by atoms with Gasteiger partial charge in [0.15, 0.2) is 0 Å². The lowest BCUT2D eigenvalue weighted by molar-refractivity contribution is 0.0694. The number of hydrogen-bond donors (Lipinski definition) is 2. The molecule has 0 bridgehead atoms. The molecule has 0 spiro atoms. The number of nitrogens with zero attached hydrogens (tertiary/aromatic N) is 1. The third-order valence-corrected chi connectivity index (χ3v) is 3.24. The first-order valence-electron chi connectivity index (χ1n) is 6.64. The first-order chi connectivity index (χ1) is 9.40. The van der Waals surface area contributed by atoms with Gasteiger partial charge < -0.3 is 14.8 Å². The van der Waals surface area contributed by atoms with E-state index in [1.807, 2.05) is 17.6 Å². The van der Waals surface area contributed by atoms with Crippen LogP contribution in [-0.2, 0) is 6.42 Å². The Balaban J connectivity index is 2.49. The van der Waals surface area contributed by atoms with E-state index in [-0.39, 0.29) is 11.3 Å². The largest absolute Gasteiger partial charge is 0.507 e. The highest BCUT2D eigenvalue weighted by Gasteiger charge is 2.13. The van der Waals surface area contributed by atoms with Crippen molar-refractivity contribution in [2.24, 2.45) is 5.92 Å². The van der Waals surface area contributed by atoms with E-state index in [2.05, 4.69) is 19.9 Å². The quantitative estimate of drug-likeness (QED) is 0.897. The normalized spacial score (nSPS) is 11.0. The van der Waals surface area contributed by atoms with Crippen LogP contribution in [0.5, 0.6) is 5.75 Å². The SMILES string of the molecule is Cc1ccc(CC(C)C)n1-c1ccc(C(=O)O)c(O)c1. The van der Waals surface area contributed by atoms with Crippen molar-refractivity contribution in [3.8, 4) is 11.4 Å². The highest BCUT2D eigenvalue weighted by atomic mass is 16.4. The smallest absolute Gasteiger partial charge is 0.339 e. The average Bonchev–Trinajstić information content (AvgIpc) is 2.69. The lowest BCUT2D eigenvalue weighted by Crippen LogP contribution is -2.06. The zero-order valence-electron chi connectivity index (χ0n) is 11.9. The number of benzene rings is 1. The molecule has 1 aromatic carbocycles. The number of aromatic hydroxyl groups is 1. The van der Waals surface area contributed by atoms with Crippen molar-refractivity contribution >= 4 is 5.97 Å². The van der Waals surface area contributed by atoms with Crippen LogP contribution < -0.4 is 0 Å². The van der Waals surface area contributed by atoms with Gasteiger partial charge in [-0.1, -0.05) is 13.8 Å². The van der Waals surface area contributed by atoms with Gasteiger partial charge in [0.25, 0.3) is 0 Å². The minimum atomic E-state index is -1.12. The van der Waals surface area contributed by atoms with Crippen LogP contribution in [0.25, 0.3) is 5.69 Å². The van der Waals surface area contributed by atoms with Crippen molar-refractivity contribution in [1.29, 1.82) is 0 Å². The monoisotopic (exact) mass is 273 g/mol. The van der Waals surface area contributed by atoms with Gasteiger partial charge in [-0.2, -0.15) is 0 Å². The zero-order chi connectivity index (χ0) is 14.9. The number of carboxylic acid groups (broad SMARTS) is 1. The van der Waals surface area contributed by atoms with Crippen LogP contribution in [0.1, 0.15) is 35.6 Å². The number of aryl methyl sites for hydroxylation is 1. The molecule has 1 aromatic heterocycles. The molecule has 0 aliphatic carbocycles. The van der Waals surface area contributed by atoms with Gasteiger partial charge in [-0.05, 0) is 43.5 Å². The van der Waals surface area contributed by atoms with Gasteiger partial charge in [0, 0.05) is 23.1 Å². The topological polar surface area (TPSA) is 62.5 Å². The molecule has 106 valence electrons. The second kappa shape index (κ2) is 5.41. The molecule has 0 amide bonds. The van der Waals surface area contributed by atoms with Crippen LogP contribution in [0.15, 0.2) is 30.3 Å². The molecule has 0 saturated heterocycles. The lowest BCUT2D eigenvalue weighted by Gasteiger charge is -2.14. The summed E-state index contributed by atoms with van der Waals surface area (Å²) in [6.07, 6.45) is 0.926. The summed E-state index contributed by atoms with van der Waals surface area (Å²) in [5.74, 6) is -0.811. The number of phenols is 1. The zero-order valence-corrected chi connectivity index (χ0v) is 11.9. The van der Waals surface area contributed by atoms with E-state index in [4.69, 9.17) is 5.11 Å². The molecule has 0 aliphatic rings. The van der Waals surface area contributed by atoms with Crippen molar-refractivity contribution in [2.45, 2.75) is 27.2 Å². The Hall–Kier alpha value is -2.23. The molecule has 0 aliphatic heterocycles. The molecule has 20 heavy (non-hydrogen) atoms. The number of carboxylic acids is 1. The summed E-state index contributed by atoms with van der Waals surface area (Å²) in [6, 6.07) is 8.75. The summed E-state index contributed by atoms with van der Waals surface area (Å²) >= 11 is 0. The first-order valence-corrected chi connectivity index (χ1v) is 6.64. The Bertz CT molecular complexity index is 641. The molecular formula is C16H19NO3. The van der Waals surface area contributed by atoms with Gasteiger partial charge >= 0.3 is 5.97 Å². The summed E-state index contributed by atoms with van der Waals surface area (Å²) in [5.41, 5.74) is 2.91. The van der Waals surface area contributed by atoms with E-state index in [1.54, 1.807) is 6.07 Å². The van der Waals surface area contributed by atoms with E-state index in [9.17, 15) is 9.90 Å². The van der Waals surface area contributed by atoms with Crippen LogP contribution in [0.3, 0.4) is 0 Å². The fourth-order valence-electron chi connectivity index (χ4n) is 2.38. The summed E-state index contributed by atoms with van der Waals surface area (Å²) in [5, 5.41) is 18.8. The number of aromatic carboxylic acids is 1. The Morgan fingerprint density at radius 2 is 1.95 bits per heavy atom. The van der Waals surface area contributed by atoms with E-state index < -0.39 is 5.97 Å². The molecule has 0 saturated carbocycles. The van der Waals surface area contributed by atoms with E-state index >= 15 is 0 Å². The van der Waals surface area contributed by atoms with Crippen molar-refractivity contribution in [2.75, 3.05) is 0 Å². The molecule has 2 aromatic rings. The highest BCUT2D eigenvalue weighted by Crippen LogP contribution is 2.25. The Morgan fingerprint density at radius 1 is 1.25 bits per heavy atom. The molecule has 2 N–H and O–H groups in total. The summed E-state index contributed by atoms with van der Waals surface area (Å²) in [4.78, 5) is 10.9. The number of carbonyl (C=O) groups is 1. The summed E-state index contributed by atoms with van der Waals surface area (Å²) in [6.45, 7) is 6.29. The highest BCUT2D eigenvalue weighted by molar-refractivity contribution is 5.91. The number of aromatic nitrogens is 1. The van der Waals surface area contributed by atoms with Gasteiger partial charge in [0.1, 0.15) is 11.3 Å². The molecule has 0 unspecified atom stereocenters.